The van der Waals surface area contributed by atoms with Crippen molar-refractivity contribution in [2.75, 3.05) is 0 Å². The first kappa shape index (κ1) is 17.4. The first-order valence-electron chi connectivity index (χ1n) is 6.35. The van der Waals surface area contributed by atoms with Crippen LogP contribution in [-0.4, -0.2) is 13.9 Å². The van der Waals surface area contributed by atoms with Gasteiger partial charge in [-0.05, 0) is 24.3 Å². The van der Waals surface area contributed by atoms with Crippen LogP contribution in [-0.2, 0) is 10.1 Å². The van der Waals surface area contributed by atoms with Gasteiger partial charge in [-0.15, -0.1) is 0 Å². The number of alkyl halides is 3. The summed E-state index contributed by atoms with van der Waals surface area (Å²) in [7, 11) is -5.91. The van der Waals surface area contributed by atoms with Crippen molar-refractivity contribution in [1.29, 1.82) is 5.26 Å². The average molecular weight is 351 g/mol. The van der Waals surface area contributed by atoms with Crippen molar-refractivity contribution in [2.24, 2.45) is 0 Å². The van der Waals surface area contributed by atoms with Gasteiger partial charge in [0.1, 0.15) is 6.07 Å². The van der Waals surface area contributed by atoms with E-state index in [1.807, 2.05) is 0 Å². The standard InChI is InChI=1S/C16H8F3NO3S/c17-16(18,19)24(21,22)23-15-13(7-4-8-14(15)11-20)10-9-12-5-2-1-3-6-12/h1-8H. The number of nitrogens with zero attached hydrogens (tertiary/aromatic N) is 1. The van der Waals surface area contributed by atoms with E-state index in [0.29, 0.717) is 5.56 Å². The zero-order chi connectivity index (χ0) is 17.8. The zero-order valence-electron chi connectivity index (χ0n) is 11.8. The van der Waals surface area contributed by atoms with Crippen molar-refractivity contribution < 1.29 is 25.8 Å². The fourth-order valence-electron chi connectivity index (χ4n) is 1.63. The number of nitriles is 1. The van der Waals surface area contributed by atoms with E-state index in [2.05, 4.69) is 16.0 Å². The molecular formula is C16H8F3NO3S. The normalized spacial score (nSPS) is 11.1. The molecule has 0 spiro atoms. The minimum Gasteiger partial charge on any atom is -0.373 e. The van der Waals surface area contributed by atoms with Crippen LogP contribution in [0.2, 0.25) is 0 Å². The summed E-state index contributed by atoms with van der Waals surface area (Å²) in [4.78, 5) is 0. The molecule has 0 atom stereocenters. The Morgan fingerprint density at radius 1 is 0.917 bits per heavy atom. The van der Waals surface area contributed by atoms with Crippen LogP contribution in [0.15, 0.2) is 48.5 Å². The molecular weight excluding hydrogens is 343 g/mol. The number of rotatable bonds is 2. The van der Waals surface area contributed by atoms with E-state index >= 15 is 0 Å². The summed E-state index contributed by atoms with van der Waals surface area (Å²) in [6.45, 7) is 0. The van der Waals surface area contributed by atoms with Gasteiger partial charge in [0.15, 0.2) is 5.75 Å². The Morgan fingerprint density at radius 2 is 1.54 bits per heavy atom. The maximum Gasteiger partial charge on any atom is 0.534 e. The Balaban J connectivity index is 2.52. The predicted octanol–water partition coefficient (Wildman–Crippen LogP) is 3.19. The van der Waals surface area contributed by atoms with Gasteiger partial charge in [-0.1, -0.05) is 36.1 Å². The van der Waals surface area contributed by atoms with Crippen LogP contribution in [0.5, 0.6) is 5.75 Å². The van der Waals surface area contributed by atoms with Crippen molar-refractivity contribution in [1.82, 2.24) is 0 Å². The summed E-state index contributed by atoms with van der Waals surface area (Å²) in [6.07, 6.45) is 0. The van der Waals surface area contributed by atoms with Gasteiger partial charge in [0.05, 0.1) is 11.1 Å². The van der Waals surface area contributed by atoms with Crippen LogP contribution in [0.3, 0.4) is 0 Å². The van der Waals surface area contributed by atoms with E-state index in [1.165, 1.54) is 12.1 Å². The second-order valence-electron chi connectivity index (χ2n) is 4.39. The van der Waals surface area contributed by atoms with Crippen LogP contribution < -0.4 is 4.18 Å². The second-order valence-corrected chi connectivity index (χ2v) is 5.93. The van der Waals surface area contributed by atoms with Crippen LogP contribution >= 0.6 is 0 Å². The Bertz CT molecular complexity index is 950. The van der Waals surface area contributed by atoms with Gasteiger partial charge in [0.25, 0.3) is 0 Å². The highest BCUT2D eigenvalue weighted by Crippen LogP contribution is 2.31. The first-order valence-corrected chi connectivity index (χ1v) is 7.76. The summed E-state index contributed by atoms with van der Waals surface area (Å²) in [6, 6.07) is 13.8. The van der Waals surface area contributed by atoms with Crippen molar-refractivity contribution in [3.8, 4) is 23.7 Å². The quantitative estimate of drug-likeness (QED) is 0.473. The van der Waals surface area contributed by atoms with Gasteiger partial charge in [0, 0.05) is 5.56 Å². The predicted molar refractivity (Wildman–Crippen MR) is 79.2 cm³/mol. The van der Waals surface area contributed by atoms with E-state index in [-0.39, 0.29) is 11.1 Å². The maximum atomic E-state index is 12.5. The lowest BCUT2D eigenvalue weighted by molar-refractivity contribution is -0.0500. The second kappa shape index (κ2) is 6.65. The fourth-order valence-corrected chi connectivity index (χ4v) is 2.12. The molecule has 0 aromatic heterocycles. The van der Waals surface area contributed by atoms with Gasteiger partial charge in [-0.25, -0.2) is 0 Å². The molecule has 122 valence electrons. The summed E-state index contributed by atoms with van der Waals surface area (Å²) in [5.74, 6) is 4.43. The molecule has 0 aliphatic carbocycles. The SMILES string of the molecule is N#Cc1cccc(C#Cc2ccccc2)c1OS(=O)(=O)C(F)(F)F. The highest BCUT2D eigenvalue weighted by Gasteiger charge is 2.49. The Hall–Kier alpha value is -2.97. The van der Waals surface area contributed by atoms with Crippen LogP contribution in [0.1, 0.15) is 16.7 Å². The number of benzene rings is 2. The third-order valence-corrected chi connectivity index (χ3v) is 3.68. The maximum absolute atomic E-state index is 12.5. The van der Waals surface area contributed by atoms with Crippen LogP contribution in [0, 0.1) is 23.2 Å². The molecule has 0 unspecified atom stereocenters. The van der Waals surface area contributed by atoms with Crippen molar-refractivity contribution in [3.05, 3.63) is 65.2 Å². The lowest BCUT2D eigenvalue weighted by atomic mass is 10.1. The van der Waals surface area contributed by atoms with Gasteiger partial charge in [0.2, 0.25) is 0 Å². The highest BCUT2D eigenvalue weighted by molar-refractivity contribution is 7.88. The molecule has 4 nitrogen and oxygen atoms in total. The molecule has 8 heteroatoms. The molecule has 0 aliphatic rings. The number of halogens is 3. The van der Waals surface area contributed by atoms with E-state index in [1.54, 1.807) is 36.4 Å². The third-order valence-electron chi connectivity index (χ3n) is 2.73. The van der Waals surface area contributed by atoms with E-state index < -0.39 is 21.4 Å². The fraction of sp³-hybridized carbons (Fsp3) is 0.0625. The number of hydrogen-bond donors (Lipinski definition) is 0. The van der Waals surface area contributed by atoms with Crippen molar-refractivity contribution >= 4 is 10.1 Å². The summed E-state index contributed by atoms with van der Waals surface area (Å²) in [5.41, 5.74) is -5.57. The third kappa shape index (κ3) is 3.86. The molecule has 2 aromatic rings. The molecule has 0 fully saturated rings. The van der Waals surface area contributed by atoms with E-state index in [4.69, 9.17) is 5.26 Å². The molecule has 2 rings (SSSR count). The van der Waals surface area contributed by atoms with Gasteiger partial charge in [-0.3, -0.25) is 0 Å². The van der Waals surface area contributed by atoms with Crippen molar-refractivity contribution in [3.63, 3.8) is 0 Å². The highest BCUT2D eigenvalue weighted by atomic mass is 32.2. The smallest absolute Gasteiger partial charge is 0.373 e. The Kier molecular flexibility index (Phi) is 4.82. The van der Waals surface area contributed by atoms with E-state index in [9.17, 15) is 21.6 Å². The molecule has 0 heterocycles. The van der Waals surface area contributed by atoms with Gasteiger partial charge < -0.3 is 4.18 Å². The van der Waals surface area contributed by atoms with Crippen molar-refractivity contribution in [2.45, 2.75) is 5.51 Å². The molecule has 0 amide bonds. The summed E-state index contributed by atoms with van der Waals surface area (Å²) in [5, 5.41) is 8.97. The topological polar surface area (TPSA) is 67.2 Å². The Labute approximate surface area is 136 Å². The monoisotopic (exact) mass is 351 g/mol. The van der Waals surface area contributed by atoms with Gasteiger partial charge in [-0.2, -0.15) is 26.9 Å². The molecule has 2 aromatic carbocycles. The minimum atomic E-state index is -5.91. The van der Waals surface area contributed by atoms with Crippen LogP contribution in [0.4, 0.5) is 13.2 Å². The van der Waals surface area contributed by atoms with Gasteiger partial charge >= 0.3 is 15.6 Å². The zero-order valence-corrected chi connectivity index (χ0v) is 12.6. The molecule has 0 N–H and O–H groups in total. The molecule has 0 saturated carbocycles. The molecule has 0 saturated heterocycles. The minimum absolute atomic E-state index is 0.147. The van der Waals surface area contributed by atoms with Crippen LogP contribution in [0.25, 0.3) is 0 Å². The van der Waals surface area contributed by atoms with E-state index in [0.717, 1.165) is 6.07 Å². The first-order chi connectivity index (χ1) is 11.2. The lowest BCUT2D eigenvalue weighted by Gasteiger charge is -2.11. The summed E-state index contributed by atoms with van der Waals surface area (Å²) >= 11 is 0. The average Bonchev–Trinajstić information content (AvgIpc) is 2.53. The lowest BCUT2D eigenvalue weighted by Crippen LogP contribution is -2.28. The largest absolute Gasteiger partial charge is 0.534 e. The Morgan fingerprint density at radius 3 is 2.12 bits per heavy atom. The summed E-state index contributed by atoms with van der Waals surface area (Å²) < 4.78 is 64.1. The molecule has 0 bridgehead atoms. The molecule has 0 aliphatic heterocycles. The number of hydrogen-bond acceptors (Lipinski definition) is 4. The number of para-hydroxylation sites is 1. The molecule has 24 heavy (non-hydrogen) atoms. The molecule has 0 radical (unpaired) electrons.